The number of hydrogen-bond acceptors (Lipinski definition) is 3. The Labute approximate surface area is 137 Å². The molecule has 2 rings (SSSR count). The van der Waals surface area contributed by atoms with Crippen LogP contribution in [-0.4, -0.2) is 24.2 Å². The molecule has 1 aliphatic carbocycles. The van der Waals surface area contributed by atoms with E-state index in [1.165, 1.54) is 6.07 Å². The number of carboxylic acid groups (broad SMARTS) is 1. The number of nitrogens with two attached hydrogens (primary N) is 1. The second-order valence-corrected chi connectivity index (χ2v) is 7.41. The number of rotatable bonds is 7. The lowest BCUT2D eigenvalue weighted by Gasteiger charge is -2.30. The predicted molar refractivity (Wildman–Crippen MR) is 91.2 cm³/mol. The molecule has 23 heavy (non-hydrogen) atoms. The van der Waals surface area contributed by atoms with Crippen molar-refractivity contribution in [1.29, 1.82) is 0 Å². The van der Waals surface area contributed by atoms with Crippen molar-refractivity contribution >= 4 is 17.3 Å². The van der Waals surface area contributed by atoms with E-state index in [-0.39, 0.29) is 11.7 Å². The highest BCUT2D eigenvalue weighted by Gasteiger charge is 2.45. The Morgan fingerprint density at radius 2 is 1.87 bits per heavy atom. The first kappa shape index (κ1) is 17.6. The van der Waals surface area contributed by atoms with Crippen molar-refractivity contribution in [3.05, 3.63) is 23.5 Å². The summed E-state index contributed by atoms with van der Waals surface area (Å²) in [5, 5.41) is 9.02. The van der Waals surface area contributed by atoms with Crippen molar-refractivity contribution in [2.45, 2.75) is 40.0 Å². The molecular weight excluding hydrogens is 295 g/mol. The molecule has 0 heterocycles. The van der Waals surface area contributed by atoms with Crippen LogP contribution in [0.15, 0.2) is 12.1 Å². The van der Waals surface area contributed by atoms with E-state index in [9.17, 15) is 9.18 Å². The van der Waals surface area contributed by atoms with Gasteiger partial charge in [-0.2, -0.15) is 0 Å². The van der Waals surface area contributed by atoms with Gasteiger partial charge in [0.2, 0.25) is 0 Å². The molecule has 0 amide bonds. The molecule has 4 nitrogen and oxygen atoms in total. The summed E-state index contributed by atoms with van der Waals surface area (Å²) >= 11 is 0. The Balaban J connectivity index is 2.29. The van der Waals surface area contributed by atoms with Crippen LogP contribution in [0.2, 0.25) is 0 Å². The molecule has 2 unspecified atom stereocenters. The van der Waals surface area contributed by atoms with E-state index in [1.807, 2.05) is 0 Å². The smallest absolute Gasteiger partial charge is 0.307 e. The lowest BCUT2D eigenvalue weighted by atomic mass is 10.0. The van der Waals surface area contributed by atoms with Gasteiger partial charge >= 0.3 is 5.97 Å². The van der Waals surface area contributed by atoms with Crippen molar-refractivity contribution < 1.29 is 14.3 Å². The summed E-state index contributed by atoms with van der Waals surface area (Å²) in [7, 11) is 0. The van der Waals surface area contributed by atoms with E-state index >= 15 is 0 Å². The van der Waals surface area contributed by atoms with Crippen LogP contribution in [0.5, 0.6) is 0 Å². The summed E-state index contributed by atoms with van der Waals surface area (Å²) in [6.07, 6.45) is 0.493. The normalized spacial score (nSPS) is 20.1. The number of anilines is 2. The number of nitrogens with zero attached hydrogens (tertiary/aromatic N) is 1. The van der Waals surface area contributed by atoms with E-state index in [0.29, 0.717) is 35.2 Å². The van der Waals surface area contributed by atoms with Gasteiger partial charge in [0.15, 0.2) is 0 Å². The minimum atomic E-state index is -0.863. The van der Waals surface area contributed by atoms with Gasteiger partial charge in [0.05, 0.1) is 17.3 Å². The third-order valence-electron chi connectivity index (χ3n) is 4.16. The minimum absolute atomic E-state index is 0.243. The Morgan fingerprint density at radius 1 is 1.30 bits per heavy atom. The number of benzene rings is 1. The standard InChI is InChI=1S/C18H27FN2O2/c1-10(2)8-21(9-11(3)4)17-7-15(19)13(6-16(17)20)12-5-14(12)18(22)23/h6-7,10-12,14H,5,8-9,20H2,1-4H3,(H,22,23). The Bertz CT molecular complexity index is 577. The van der Waals surface area contributed by atoms with Gasteiger partial charge in [0, 0.05) is 19.0 Å². The minimum Gasteiger partial charge on any atom is -0.481 e. The highest BCUT2D eigenvalue weighted by Crippen LogP contribution is 2.49. The van der Waals surface area contributed by atoms with E-state index in [4.69, 9.17) is 10.8 Å². The number of halogens is 1. The average Bonchev–Trinajstić information content (AvgIpc) is 3.19. The third-order valence-corrected chi connectivity index (χ3v) is 4.16. The van der Waals surface area contributed by atoms with Crippen molar-refractivity contribution in [2.75, 3.05) is 23.7 Å². The van der Waals surface area contributed by atoms with Crippen LogP contribution in [-0.2, 0) is 4.79 Å². The van der Waals surface area contributed by atoms with E-state index < -0.39 is 11.9 Å². The molecule has 1 fully saturated rings. The number of hydrogen-bond donors (Lipinski definition) is 2. The fraction of sp³-hybridized carbons (Fsp3) is 0.611. The number of aliphatic carboxylic acids is 1. The van der Waals surface area contributed by atoms with Crippen LogP contribution >= 0.6 is 0 Å². The summed E-state index contributed by atoms with van der Waals surface area (Å²) in [6, 6.07) is 3.11. The van der Waals surface area contributed by atoms with Gasteiger partial charge in [0.1, 0.15) is 5.82 Å². The maximum atomic E-state index is 14.5. The lowest BCUT2D eigenvalue weighted by Crippen LogP contribution is -2.32. The first-order valence-corrected chi connectivity index (χ1v) is 8.27. The van der Waals surface area contributed by atoms with Gasteiger partial charge in [-0.3, -0.25) is 4.79 Å². The molecule has 0 saturated heterocycles. The number of carbonyl (C=O) groups is 1. The Morgan fingerprint density at radius 3 is 2.30 bits per heavy atom. The molecule has 1 aliphatic rings. The van der Waals surface area contributed by atoms with Crippen molar-refractivity contribution in [2.24, 2.45) is 17.8 Å². The molecule has 2 atom stereocenters. The molecule has 0 bridgehead atoms. The summed E-state index contributed by atoms with van der Waals surface area (Å²) in [5.41, 5.74) is 7.85. The quantitative estimate of drug-likeness (QED) is 0.751. The lowest BCUT2D eigenvalue weighted by molar-refractivity contribution is -0.138. The monoisotopic (exact) mass is 322 g/mol. The fourth-order valence-electron chi connectivity index (χ4n) is 3.12. The molecule has 0 spiro atoms. The zero-order valence-electron chi connectivity index (χ0n) is 14.3. The predicted octanol–water partition coefficient (Wildman–Crippen LogP) is 3.71. The highest BCUT2D eigenvalue weighted by atomic mass is 19.1. The number of nitrogen functional groups attached to an aromatic ring is 1. The van der Waals surface area contributed by atoms with E-state index in [1.54, 1.807) is 6.07 Å². The molecule has 1 aromatic carbocycles. The maximum Gasteiger partial charge on any atom is 0.307 e. The zero-order valence-corrected chi connectivity index (χ0v) is 14.3. The van der Waals surface area contributed by atoms with Crippen LogP contribution in [0, 0.1) is 23.6 Å². The first-order valence-electron chi connectivity index (χ1n) is 8.27. The molecule has 0 radical (unpaired) electrons. The summed E-state index contributed by atoms with van der Waals surface area (Å²) in [5.74, 6) is -1.05. The van der Waals surface area contributed by atoms with Gasteiger partial charge in [-0.15, -0.1) is 0 Å². The zero-order chi connectivity index (χ0) is 17.3. The molecule has 0 aliphatic heterocycles. The van der Waals surface area contributed by atoms with Crippen LogP contribution in [0.1, 0.15) is 45.6 Å². The molecule has 0 aromatic heterocycles. The van der Waals surface area contributed by atoms with Gasteiger partial charge in [-0.05, 0) is 36.0 Å². The van der Waals surface area contributed by atoms with Crippen LogP contribution < -0.4 is 10.6 Å². The Kier molecular flexibility index (Phi) is 5.17. The fourth-order valence-corrected chi connectivity index (χ4v) is 3.12. The van der Waals surface area contributed by atoms with E-state index in [2.05, 4.69) is 32.6 Å². The van der Waals surface area contributed by atoms with Gasteiger partial charge < -0.3 is 15.7 Å². The highest BCUT2D eigenvalue weighted by molar-refractivity contribution is 5.76. The van der Waals surface area contributed by atoms with Gasteiger partial charge in [-0.1, -0.05) is 27.7 Å². The van der Waals surface area contributed by atoms with Crippen LogP contribution in [0.3, 0.4) is 0 Å². The molecule has 3 N–H and O–H groups in total. The summed E-state index contributed by atoms with van der Waals surface area (Å²) < 4.78 is 14.5. The summed E-state index contributed by atoms with van der Waals surface area (Å²) in [6.45, 7) is 10.1. The van der Waals surface area contributed by atoms with Gasteiger partial charge in [-0.25, -0.2) is 4.39 Å². The Hall–Kier alpha value is -1.78. The number of carboxylic acids is 1. The molecule has 128 valence electrons. The second kappa shape index (κ2) is 6.77. The van der Waals surface area contributed by atoms with Gasteiger partial charge in [0.25, 0.3) is 0 Å². The maximum absolute atomic E-state index is 14.5. The molecule has 1 saturated carbocycles. The second-order valence-electron chi connectivity index (χ2n) is 7.41. The molecular formula is C18H27FN2O2. The van der Waals surface area contributed by atoms with Crippen LogP contribution in [0.25, 0.3) is 0 Å². The van der Waals surface area contributed by atoms with Crippen LogP contribution in [0.4, 0.5) is 15.8 Å². The molecule has 5 heteroatoms. The molecule has 1 aromatic rings. The first-order chi connectivity index (χ1) is 10.7. The van der Waals surface area contributed by atoms with E-state index in [0.717, 1.165) is 13.1 Å². The van der Waals surface area contributed by atoms with Crippen molar-refractivity contribution in [3.63, 3.8) is 0 Å². The van der Waals surface area contributed by atoms with Crippen molar-refractivity contribution in [3.8, 4) is 0 Å². The largest absolute Gasteiger partial charge is 0.481 e. The third kappa shape index (κ3) is 4.15. The van der Waals surface area contributed by atoms with Crippen molar-refractivity contribution in [1.82, 2.24) is 0 Å². The average molecular weight is 322 g/mol. The SMILES string of the molecule is CC(C)CN(CC(C)C)c1cc(F)c(C2CC2C(=O)O)cc1N. The topological polar surface area (TPSA) is 66.6 Å². The summed E-state index contributed by atoms with van der Waals surface area (Å²) in [4.78, 5) is 13.1.